The summed E-state index contributed by atoms with van der Waals surface area (Å²) in [5.74, 6) is 0. The van der Waals surface area contributed by atoms with Crippen LogP contribution in [0.15, 0.2) is 54.7 Å². The summed E-state index contributed by atoms with van der Waals surface area (Å²) in [6.45, 7) is 0.973. The molecular formula is C18H17N. The minimum Gasteiger partial charge on any atom is -0.343 e. The molecule has 94 valence electrons. The maximum Gasteiger partial charge on any atom is 0.0483 e. The van der Waals surface area contributed by atoms with Crippen molar-refractivity contribution in [1.82, 2.24) is 4.57 Å². The number of hydrogen-bond donors (Lipinski definition) is 0. The second-order valence-electron chi connectivity index (χ2n) is 5.46. The van der Waals surface area contributed by atoms with Gasteiger partial charge in [-0.15, -0.1) is 0 Å². The van der Waals surface area contributed by atoms with Gasteiger partial charge in [0, 0.05) is 18.3 Å². The molecular weight excluding hydrogens is 230 g/mol. The highest BCUT2D eigenvalue weighted by molar-refractivity contribution is 5.80. The molecule has 3 aromatic rings. The van der Waals surface area contributed by atoms with Gasteiger partial charge in [0.2, 0.25) is 0 Å². The first-order chi connectivity index (χ1) is 9.40. The van der Waals surface area contributed by atoms with Gasteiger partial charge in [0.05, 0.1) is 0 Å². The number of rotatable bonds is 2. The maximum absolute atomic E-state index is 2.40. The lowest BCUT2D eigenvalue weighted by atomic mass is 10.1. The van der Waals surface area contributed by atoms with Gasteiger partial charge in [-0.2, -0.15) is 0 Å². The summed E-state index contributed by atoms with van der Waals surface area (Å²) in [4.78, 5) is 0. The number of benzene rings is 2. The lowest BCUT2D eigenvalue weighted by Crippen LogP contribution is -1.98. The summed E-state index contributed by atoms with van der Waals surface area (Å²) < 4.78 is 2.34. The van der Waals surface area contributed by atoms with Gasteiger partial charge in [-0.1, -0.05) is 36.4 Å². The van der Waals surface area contributed by atoms with Gasteiger partial charge < -0.3 is 4.57 Å². The van der Waals surface area contributed by atoms with Crippen molar-refractivity contribution in [2.45, 2.75) is 25.8 Å². The molecule has 4 rings (SSSR count). The van der Waals surface area contributed by atoms with Crippen molar-refractivity contribution in [3.63, 3.8) is 0 Å². The summed E-state index contributed by atoms with van der Waals surface area (Å²) >= 11 is 0. The molecule has 1 nitrogen and oxygen atoms in total. The molecule has 1 aliphatic rings. The van der Waals surface area contributed by atoms with E-state index in [1.54, 1.807) is 11.1 Å². The molecule has 0 aliphatic heterocycles. The van der Waals surface area contributed by atoms with E-state index >= 15 is 0 Å². The summed E-state index contributed by atoms with van der Waals surface area (Å²) in [7, 11) is 0. The Hall–Kier alpha value is -2.02. The Balaban J connectivity index is 1.71. The molecule has 19 heavy (non-hydrogen) atoms. The number of aromatic nitrogens is 1. The maximum atomic E-state index is 2.40. The molecule has 0 amide bonds. The van der Waals surface area contributed by atoms with Crippen molar-refractivity contribution >= 4 is 10.9 Å². The van der Waals surface area contributed by atoms with Gasteiger partial charge >= 0.3 is 0 Å². The van der Waals surface area contributed by atoms with E-state index in [-0.39, 0.29) is 0 Å². The Morgan fingerprint density at radius 3 is 2.79 bits per heavy atom. The van der Waals surface area contributed by atoms with E-state index in [9.17, 15) is 0 Å². The van der Waals surface area contributed by atoms with Gasteiger partial charge in [-0.25, -0.2) is 0 Å². The Morgan fingerprint density at radius 1 is 0.895 bits per heavy atom. The van der Waals surface area contributed by atoms with Gasteiger partial charge in [0.1, 0.15) is 0 Å². The zero-order valence-corrected chi connectivity index (χ0v) is 11.0. The highest BCUT2D eigenvalue weighted by Gasteiger charge is 2.11. The van der Waals surface area contributed by atoms with Crippen LogP contribution in [0.3, 0.4) is 0 Å². The average Bonchev–Trinajstić information content (AvgIpc) is 3.06. The lowest BCUT2D eigenvalue weighted by Gasteiger charge is -2.08. The zero-order valence-electron chi connectivity index (χ0n) is 11.0. The molecule has 1 heterocycles. The zero-order chi connectivity index (χ0) is 12.7. The Kier molecular flexibility index (Phi) is 2.44. The predicted molar refractivity (Wildman–Crippen MR) is 79.5 cm³/mol. The van der Waals surface area contributed by atoms with Crippen molar-refractivity contribution in [3.8, 4) is 0 Å². The number of aryl methyl sites for hydroxylation is 2. The monoisotopic (exact) mass is 247 g/mol. The van der Waals surface area contributed by atoms with Crippen LogP contribution in [-0.2, 0) is 19.4 Å². The molecule has 0 N–H and O–H groups in total. The molecule has 1 aromatic heterocycles. The summed E-state index contributed by atoms with van der Waals surface area (Å²) in [6.07, 6.45) is 6.04. The normalized spacial score (nSPS) is 13.9. The standard InChI is InChI=1S/C18H17N/c1-2-7-18-16(4-1)10-11-19(18)13-14-8-9-15-5-3-6-17(15)12-14/h1-2,4,7-12H,3,5-6,13H2. The van der Waals surface area contributed by atoms with Gasteiger partial charge in [0.15, 0.2) is 0 Å². The number of nitrogens with zero attached hydrogens (tertiary/aromatic N) is 1. The molecule has 1 heteroatoms. The fourth-order valence-corrected chi connectivity index (χ4v) is 3.20. The number of fused-ring (bicyclic) bond motifs is 2. The molecule has 0 atom stereocenters. The molecule has 0 bridgehead atoms. The minimum absolute atomic E-state index is 0.973. The van der Waals surface area contributed by atoms with Crippen LogP contribution in [-0.4, -0.2) is 4.57 Å². The third-order valence-corrected chi connectivity index (χ3v) is 4.20. The summed E-state index contributed by atoms with van der Waals surface area (Å²) in [5, 5.41) is 1.32. The third-order valence-electron chi connectivity index (χ3n) is 4.20. The second kappa shape index (κ2) is 4.27. The molecule has 2 aromatic carbocycles. The first-order valence-electron chi connectivity index (χ1n) is 7.05. The predicted octanol–water partition coefficient (Wildman–Crippen LogP) is 4.18. The van der Waals surface area contributed by atoms with Crippen molar-refractivity contribution in [2.24, 2.45) is 0 Å². The quantitative estimate of drug-likeness (QED) is 0.640. The van der Waals surface area contributed by atoms with Crippen LogP contribution in [0, 0.1) is 0 Å². The van der Waals surface area contributed by atoms with E-state index in [0.717, 1.165) is 6.54 Å². The van der Waals surface area contributed by atoms with Crippen LogP contribution >= 0.6 is 0 Å². The average molecular weight is 247 g/mol. The Labute approximate surface area is 113 Å². The van der Waals surface area contributed by atoms with Crippen LogP contribution in [0.2, 0.25) is 0 Å². The summed E-state index contributed by atoms with van der Waals surface area (Å²) in [5.41, 5.74) is 5.86. The van der Waals surface area contributed by atoms with Crippen LogP contribution in [0.1, 0.15) is 23.1 Å². The van der Waals surface area contributed by atoms with E-state index in [1.807, 2.05) is 0 Å². The smallest absolute Gasteiger partial charge is 0.0483 e. The van der Waals surface area contributed by atoms with Crippen molar-refractivity contribution < 1.29 is 0 Å². The molecule has 1 aliphatic carbocycles. The fraction of sp³-hybridized carbons (Fsp3) is 0.222. The minimum atomic E-state index is 0.973. The SMILES string of the molecule is c1ccc2c(c1)ccn2Cc1ccc2c(c1)CCC2. The highest BCUT2D eigenvalue weighted by Crippen LogP contribution is 2.24. The molecule has 0 saturated heterocycles. The van der Waals surface area contributed by atoms with E-state index in [0.29, 0.717) is 0 Å². The molecule has 0 fully saturated rings. The van der Waals surface area contributed by atoms with Crippen molar-refractivity contribution in [2.75, 3.05) is 0 Å². The van der Waals surface area contributed by atoms with Crippen LogP contribution in [0.25, 0.3) is 10.9 Å². The second-order valence-corrected chi connectivity index (χ2v) is 5.46. The van der Waals surface area contributed by atoms with Crippen LogP contribution in [0.5, 0.6) is 0 Å². The van der Waals surface area contributed by atoms with E-state index in [2.05, 4.69) is 59.3 Å². The van der Waals surface area contributed by atoms with Crippen LogP contribution in [0.4, 0.5) is 0 Å². The third kappa shape index (κ3) is 1.86. The van der Waals surface area contributed by atoms with E-state index in [1.165, 1.54) is 35.7 Å². The lowest BCUT2D eigenvalue weighted by molar-refractivity contribution is 0.834. The van der Waals surface area contributed by atoms with Crippen LogP contribution < -0.4 is 0 Å². The van der Waals surface area contributed by atoms with E-state index in [4.69, 9.17) is 0 Å². The number of para-hydroxylation sites is 1. The molecule has 0 saturated carbocycles. The van der Waals surface area contributed by atoms with Crippen molar-refractivity contribution in [1.29, 1.82) is 0 Å². The largest absolute Gasteiger partial charge is 0.343 e. The van der Waals surface area contributed by atoms with Gasteiger partial charge in [0.25, 0.3) is 0 Å². The van der Waals surface area contributed by atoms with Crippen molar-refractivity contribution in [3.05, 3.63) is 71.4 Å². The number of hydrogen-bond acceptors (Lipinski definition) is 0. The fourth-order valence-electron chi connectivity index (χ4n) is 3.20. The Morgan fingerprint density at radius 2 is 1.79 bits per heavy atom. The first kappa shape index (κ1) is 10.9. The summed E-state index contributed by atoms with van der Waals surface area (Å²) in [6, 6.07) is 17.8. The first-order valence-corrected chi connectivity index (χ1v) is 7.05. The topological polar surface area (TPSA) is 4.93 Å². The molecule has 0 unspecified atom stereocenters. The van der Waals surface area contributed by atoms with Gasteiger partial charge in [-0.05, 0) is 53.5 Å². The highest BCUT2D eigenvalue weighted by atomic mass is 14.9. The molecule has 0 spiro atoms. The Bertz CT molecular complexity index is 736. The van der Waals surface area contributed by atoms with Gasteiger partial charge in [-0.3, -0.25) is 0 Å². The molecule has 0 radical (unpaired) electrons. The van der Waals surface area contributed by atoms with E-state index < -0.39 is 0 Å².